The number of hydrogen-bond donors (Lipinski definition) is 4. The first kappa shape index (κ1) is 38.9. The summed E-state index contributed by atoms with van der Waals surface area (Å²) in [6.45, 7) is 11.5. The first-order valence-corrected chi connectivity index (χ1v) is 17.8. The number of aromatic carboxylic acids is 1. The van der Waals surface area contributed by atoms with Crippen molar-refractivity contribution < 1.29 is 33.8 Å². The van der Waals surface area contributed by atoms with Gasteiger partial charge in [0.1, 0.15) is 16.9 Å². The van der Waals surface area contributed by atoms with E-state index < -0.39 is 41.1 Å². The number of halogens is 1. The molecule has 0 saturated carbocycles. The van der Waals surface area contributed by atoms with Crippen molar-refractivity contribution in [2.75, 3.05) is 25.0 Å². The molecule has 3 heterocycles. The lowest BCUT2D eigenvalue weighted by Gasteiger charge is -2.30. The Morgan fingerprint density at radius 1 is 1.02 bits per heavy atom. The number of nitrogens with two attached hydrogens (primary N) is 1. The first-order valence-electron chi connectivity index (χ1n) is 17.4. The molecule has 14 nitrogen and oxygen atoms in total. The lowest BCUT2D eigenvalue weighted by Crippen LogP contribution is -2.38. The minimum absolute atomic E-state index is 0.0384. The molecule has 2 aliphatic rings. The summed E-state index contributed by atoms with van der Waals surface area (Å²) < 4.78 is 6.67. The van der Waals surface area contributed by atoms with Crippen molar-refractivity contribution in [3.63, 3.8) is 0 Å². The quantitative estimate of drug-likeness (QED) is 0.182. The van der Waals surface area contributed by atoms with Gasteiger partial charge in [-0.3, -0.25) is 14.4 Å². The van der Waals surface area contributed by atoms with Crippen LogP contribution in [0.15, 0.2) is 48.7 Å². The molecule has 1 saturated heterocycles. The number of rotatable bonds is 7. The van der Waals surface area contributed by atoms with E-state index in [1.165, 1.54) is 6.20 Å². The Kier molecular flexibility index (Phi) is 11.8. The molecule has 15 heteroatoms. The van der Waals surface area contributed by atoms with Crippen molar-refractivity contribution in [3.8, 4) is 0 Å². The SMILES string of the molecule is CC(=O)N1CCC(CN)CC1.Cc1c(C(=O)OC(C)(C)C)ccc2c1CC[C@@H]2NC(=O)c1cc(C(=O)O)nc2c(C(=O)Nc3ccccc3Cl)cnn12. The maximum atomic E-state index is 13.5. The number of aromatic nitrogens is 3. The van der Waals surface area contributed by atoms with Crippen LogP contribution in [0.4, 0.5) is 5.69 Å². The molecule has 2 aromatic heterocycles. The second kappa shape index (κ2) is 16.1. The minimum atomic E-state index is -1.37. The number of carboxylic acids is 1. The third kappa shape index (κ3) is 9.00. The third-order valence-electron chi connectivity index (χ3n) is 9.30. The summed E-state index contributed by atoms with van der Waals surface area (Å²) in [7, 11) is 0. The fourth-order valence-electron chi connectivity index (χ4n) is 6.45. The average molecular weight is 746 g/mol. The van der Waals surface area contributed by atoms with Crippen LogP contribution in [0.1, 0.15) is 111 Å². The molecule has 0 bridgehead atoms. The summed E-state index contributed by atoms with van der Waals surface area (Å²) >= 11 is 6.15. The lowest BCUT2D eigenvalue weighted by molar-refractivity contribution is -0.130. The van der Waals surface area contributed by atoms with Crippen molar-refractivity contribution in [1.82, 2.24) is 24.8 Å². The highest BCUT2D eigenvalue weighted by Crippen LogP contribution is 2.35. The summed E-state index contributed by atoms with van der Waals surface area (Å²) in [4.78, 5) is 68.1. The number of nitrogens with one attached hydrogen (secondary N) is 2. The Bertz CT molecular complexity index is 2070. The molecule has 1 aliphatic heterocycles. The van der Waals surface area contributed by atoms with Crippen LogP contribution in [0, 0.1) is 12.8 Å². The van der Waals surface area contributed by atoms with Crippen LogP contribution in [0.5, 0.6) is 0 Å². The van der Waals surface area contributed by atoms with Gasteiger partial charge < -0.3 is 31.1 Å². The molecule has 280 valence electrons. The second-order valence-electron chi connectivity index (χ2n) is 14.1. The number of nitrogens with zero attached hydrogens (tertiary/aromatic N) is 4. The van der Waals surface area contributed by atoms with Gasteiger partial charge in [0.05, 0.1) is 28.5 Å². The van der Waals surface area contributed by atoms with Crippen LogP contribution in [0.2, 0.25) is 5.02 Å². The smallest absolute Gasteiger partial charge is 0.354 e. The number of carboxylic acid groups (broad SMARTS) is 1. The summed E-state index contributed by atoms with van der Waals surface area (Å²) in [5.41, 5.74) is 7.63. The summed E-state index contributed by atoms with van der Waals surface area (Å²) in [6.07, 6.45) is 4.57. The van der Waals surface area contributed by atoms with Gasteiger partial charge >= 0.3 is 11.9 Å². The number of esters is 1. The molecule has 6 rings (SSSR count). The van der Waals surface area contributed by atoms with Crippen LogP contribution in [-0.4, -0.2) is 79.5 Å². The first-order chi connectivity index (χ1) is 25.1. The van der Waals surface area contributed by atoms with E-state index in [9.17, 15) is 29.1 Å². The molecule has 0 unspecified atom stereocenters. The number of amides is 3. The van der Waals surface area contributed by atoms with E-state index >= 15 is 0 Å². The highest BCUT2D eigenvalue weighted by Gasteiger charge is 2.31. The predicted molar refractivity (Wildman–Crippen MR) is 198 cm³/mol. The molecule has 53 heavy (non-hydrogen) atoms. The number of piperidine rings is 1. The largest absolute Gasteiger partial charge is 0.477 e. The Labute approximate surface area is 312 Å². The number of likely N-dealkylation sites (tertiary alicyclic amines) is 1. The van der Waals surface area contributed by atoms with E-state index in [1.54, 1.807) is 64.1 Å². The molecule has 3 amide bonds. The number of benzene rings is 2. The normalized spacial score (nSPS) is 15.6. The topological polar surface area (TPSA) is 198 Å². The van der Waals surface area contributed by atoms with Gasteiger partial charge in [-0.2, -0.15) is 5.10 Å². The molecule has 0 spiro atoms. The summed E-state index contributed by atoms with van der Waals surface area (Å²) in [5.74, 6) is -2.17. The highest BCUT2D eigenvalue weighted by molar-refractivity contribution is 6.34. The fraction of sp³-hybridized carbons (Fsp3) is 0.395. The standard InChI is InChI=1S/C30H28ClN5O6.C8H16N2O/c1-15-16-11-12-21(18(16)10-9-17(15)29(41)42-30(2,3)4)34-27(38)24-13-23(28(39)40)33-25-19(14-32-36(24)25)26(37)35-22-8-6-5-7-20(22)31;1-7(11)10-4-2-8(6-9)3-5-10/h5-10,13-14,21H,11-12H2,1-4H3,(H,34,38)(H,35,37)(H,39,40);8H,2-6,9H2,1H3/t21-;/m0./s1. The maximum Gasteiger partial charge on any atom is 0.354 e. The molecule has 2 aromatic carbocycles. The number of para-hydroxylation sites is 1. The van der Waals surface area contributed by atoms with Gasteiger partial charge in [-0.1, -0.05) is 29.8 Å². The highest BCUT2D eigenvalue weighted by atomic mass is 35.5. The van der Waals surface area contributed by atoms with Gasteiger partial charge in [-0.25, -0.2) is 19.1 Å². The molecular formula is C38H44ClN7O7. The number of ether oxygens (including phenoxy) is 1. The van der Waals surface area contributed by atoms with Crippen LogP contribution < -0.4 is 16.4 Å². The minimum Gasteiger partial charge on any atom is -0.477 e. The molecule has 1 atom stereocenters. The zero-order chi connectivity index (χ0) is 38.6. The van der Waals surface area contributed by atoms with E-state index in [0.29, 0.717) is 35.0 Å². The second-order valence-corrected chi connectivity index (χ2v) is 14.5. The van der Waals surface area contributed by atoms with E-state index in [4.69, 9.17) is 22.1 Å². The average Bonchev–Trinajstić information content (AvgIpc) is 3.73. The number of anilines is 1. The lowest BCUT2D eigenvalue weighted by atomic mass is 9.97. The van der Waals surface area contributed by atoms with Gasteiger partial charge in [0.25, 0.3) is 11.8 Å². The molecule has 5 N–H and O–H groups in total. The van der Waals surface area contributed by atoms with E-state index in [2.05, 4.69) is 20.7 Å². The predicted octanol–water partition coefficient (Wildman–Crippen LogP) is 5.22. The van der Waals surface area contributed by atoms with E-state index in [0.717, 1.165) is 59.7 Å². The van der Waals surface area contributed by atoms with Crippen LogP contribution in [0.25, 0.3) is 5.65 Å². The van der Waals surface area contributed by atoms with Crippen molar-refractivity contribution >= 4 is 52.6 Å². The van der Waals surface area contributed by atoms with Gasteiger partial charge in [-0.15, -0.1) is 0 Å². The van der Waals surface area contributed by atoms with Crippen molar-refractivity contribution in [2.45, 2.75) is 71.9 Å². The van der Waals surface area contributed by atoms with Gasteiger partial charge in [-0.05, 0) is 101 Å². The Hall–Kier alpha value is -5.34. The number of carbonyl (C=O) groups is 5. The van der Waals surface area contributed by atoms with E-state index in [1.807, 2.05) is 11.8 Å². The van der Waals surface area contributed by atoms with Crippen molar-refractivity contribution in [3.05, 3.63) is 92.9 Å². The molecular weight excluding hydrogens is 702 g/mol. The molecule has 1 fully saturated rings. The van der Waals surface area contributed by atoms with E-state index in [-0.39, 0.29) is 22.8 Å². The number of fused-ring (bicyclic) bond motifs is 2. The van der Waals surface area contributed by atoms with Crippen molar-refractivity contribution in [2.24, 2.45) is 11.7 Å². The third-order valence-corrected chi connectivity index (χ3v) is 9.63. The zero-order valence-electron chi connectivity index (χ0n) is 30.4. The number of hydrogen-bond acceptors (Lipinski definition) is 9. The molecule has 4 aromatic rings. The summed E-state index contributed by atoms with van der Waals surface area (Å²) in [5, 5.41) is 19.8. The molecule has 0 radical (unpaired) electrons. The van der Waals surface area contributed by atoms with Gasteiger partial charge in [0, 0.05) is 26.1 Å². The Morgan fingerprint density at radius 2 is 1.72 bits per heavy atom. The van der Waals surface area contributed by atoms with Crippen molar-refractivity contribution in [1.29, 1.82) is 0 Å². The summed E-state index contributed by atoms with van der Waals surface area (Å²) in [6, 6.07) is 10.8. The monoisotopic (exact) mass is 745 g/mol. The van der Waals surface area contributed by atoms with Gasteiger partial charge in [0.2, 0.25) is 5.91 Å². The Balaban J connectivity index is 0.000000422. The molecule has 1 aliphatic carbocycles. The Morgan fingerprint density at radius 3 is 2.34 bits per heavy atom. The van der Waals surface area contributed by atoms with Crippen LogP contribution in [-0.2, 0) is 16.0 Å². The number of carbonyl (C=O) groups excluding carboxylic acids is 4. The van der Waals surface area contributed by atoms with Crippen LogP contribution >= 0.6 is 11.6 Å². The zero-order valence-corrected chi connectivity index (χ0v) is 31.1. The maximum absolute atomic E-state index is 13.5. The van der Waals surface area contributed by atoms with Gasteiger partial charge in [0.15, 0.2) is 11.3 Å². The van der Waals surface area contributed by atoms with Crippen LogP contribution in [0.3, 0.4) is 0 Å². The fourth-order valence-corrected chi connectivity index (χ4v) is 6.63.